The van der Waals surface area contributed by atoms with Crippen molar-refractivity contribution in [2.24, 2.45) is 5.92 Å². The van der Waals surface area contributed by atoms with Crippen LogP contribution >= 0.6 is 0 Å². The topological polar surface area (TPSA) is 18.5 Å². The van der Waals surface area contributed by atoms with Crippen molar-refractivity contribution in [3.8, 4) is 11.8 Å². The lowest BCUT2D eigenvalue weighted by atomic mass is 10.0. The molecule has 3 aromatic rings. The number of benzene rings is 3. The van der Waals surface area contributed by atoms with Crippen molar-refractivity contribution in [2.75, 3.05) is 13.2 Å². The highest BCUT2D eigenvalue weighted by molar-refractivity contribution is 5.84. The van der Waals surface area contributed by atoms with Gasteiger partial charge in [0.25, 0.3) is 0 Å². The molecule has 0 atom stereocenters. The second-order valence-electron chi connectivity index (χ2n) is 8.52. The summed E-state index contributed by atoms with van der Waals surface area (Å²) in [6.45, 7) is 3.53. The molecule has 0 bridgehead atoms. The first-order valence-electron chi connectivity index (χ1n) is 11.6. The molecule has 0 radical (unpaired) electrons. The summed E-state index contributed by atoms with van der Waals surface area (Å²) in [6.07, 6.45) is 7.88. The van der Waals surface area contributed by atoms with Crippen LogP contribution in [0.2, 0.25) is 0 Å². The first-order chi connectivity index (χ1) is 16.5. The van der Waals surface area contributed by atoms with E-state index in [1.165, 1.54) is 11.6 Å². The molecule has 2 nitrogen and oxygen atoms in total. The van der Waals surface area contributed by atoms with Gasteiger partial charge in [-0.25, -0.2) is 13.2 Å². The Morgan fingerprint density at radius 1 is 0.882 bits per heavy atom. The van der Waals surface area contributed by atoms with Crippen molar-refractivity contribution < 1.29 is 22.6 Å². The van der Waals surface area contributed by atoms with E-state index in [1.807, 2.05) is 31.2 Å². The second-order valence-corrected chi connectivity index (χ2v) is 8.52. The summed E-state index contributed by atoms with van der Waals surface area (Å²) in [4.78, 5) is 0. The van der Waals surface area contributed by atoms with Gasteiger partial charge in [-0.1, -0.05) is 42.2 Å². The van der Waals surface area contributed by atoms with E-state index in [1.54, 1.807) is 12.1 Å². The van der Waals surface area contributed by atoms with Crippen LogP contribution in [0.3, 0.4) is 0 Å². The van der Waals surface area contributed by atoms with Gasteiger partial charge in [-0.3, -0.25) is 0 Å². The normalized spacial score (nSPS) is 18.2. The van der Waals surface area contributed by atoms with Crippen molar-refractivity contribution in [1.29, 1.82) is 0 Å². The Morgan fingerprint density at radius 2 is 1.59 bits per heavy atom. The summed E-state index contributed by atoms with van der Waals surface area (Å²) in [7, 11) is 0. The van der Waals surface area contributed by atoms with E-state index in [0.717, 1.165) is 50.5 Å². The SMILES string of the molecule is C/C=C/CCC1COC(CCc2ccc(C#Cc3ccc4c(F)c(F)c(F)cc4c3)cc2)OC1. The van der Waals surface area contributed by atoms with Gasteiger partial charge in [-0.05, 0) is 67.5 Å². The van der Waals surface area contributed by atoms with E-state index in [4.69, 9.17) is 9.47 Å². The molecule has 1 fully saturated rings. The minimum absolute atomic E-state index is 0.0314. The molecule has 176 valence electrons. The highest BCUT2D eigenvalue weighted by Crippen LogP contribution is 2.24. The Labute approximate surface area is 198 Å². The van der Waals surface area contributed by atoms with Crippen LogP contribution in [0.25, 0.3) is 10.8 Å². The van der Waals surface area contributed by atoms with Gasteiger partial charge in [-0.2, -0.15) is 0 Å². The first kappa shape index (κ1) is 24.1. The maximum atomic E-state index is 13.9. The van der Waals surface area contributed by atoms with Crippen LogP contribution in [0.5, 0.6) is 0 Å². The minimum Gasteiger partial charge on any atom is -0.352 e. The molecular formula is C29H27F3O2. The van der Waals surface area contributed by atoms with Crippen LogP contribution in [-0.2, 0) is 15.9 Å². The van der Waals surface area contributed by atoms with Crippen molar-refractivity contribution in [1.82, 2.24) is 0 Å². The molecule has 3 aromatic carbocycles. The molecule has 0 amide bonds. The van der Waals surface area contributed by atoms with Crippen LogP contribution in [0.1, 0.15) is 42.9 Å². The third-order valence-corrected chi connectivity index (χ3v) is 5.96. The van der Waals surface area contributed by atoms with E-state index in [-0.39, 0.29) is 17.1 Å². The highest BCUT2D eigenvalue weighted by atomic mass is 19.2. The maximum Gasteiger partial charge on any atom is 0.195 e. The minimum atomic E-state index is -1.46. The molecule has 5 heteroatoms. The number of ether oxygens (including phenoxy) is 2. The van der Waals surface area contributed by atoms with Crippen LogP contribution in [0.4, 0.5) is 13.2 Å². The number of rotatable bonds is 6. The summed E-state index contributed by atoms with van der Waals surface area (Å²) in [5.41, 5.74) is 2.60. The van der Waals surface area contributed by atoms with Crippen LogP contribution < -0.4 is 0 Å². The van der Waals surface area contributed by atoms with Crippen LogP contribution in [0.15, 0.2) is 60.7 Å². The molecule has 1 aliphatic heterocycles. The molecule has 0 saturated carbocycles. The average molecular weight is 465 g/mol. The van der Waals surface area contributed by atoms with Crippen molar-refractivity contribution in [3.05, 3.63) is 94.8 Å². The molecule has 0 aromatic heterocycles. The first-order valence-corrected chi connectivity index (χ1v) is 11.6. The Hall–Kier alpha value is -3.07. The monoisotopic (exact) mass is 464 g/mol. The fourth-order valence-corrected chi connectivity index (χ4v) is 3.98. The summed E-state index contributed by atoms with van der Waals surface area (Å²) in [6, 6.07) is 13.5. The van der Waals surface area contributed by atoms with E-state index in [0.29, 0.717) is 11.5 Å². The molecule has 1 saturated heterocycles. The zero-order valence-electron chi connectivity index (χ0n) is 19.1. The number of aryl methyl sites for hydroxylation is 1. The van der Waals surface area contributed by atoms with E-state index >= 15 is 0 Å². The third-order valence-electron chi connectivity index (χ3n) is 5.96. The zero-order valence-corrected chi connectivity index (χ0v) is 19.1. The second kappa shape index (κ2) is 11.4. The van der Waals surface area contributed by atoms with E-state index in [2.05, 4.69) is 24.0 Å². The molecule has 1 heterocycles. The standard InChI is InChI=1S/C29H27F3O2/c1-2-3-4-5-23-18-33-27(34-19-23)15-13-21-8-6-20(7-9-21)10-11-22-12-14-25-24(16-22)17-26(30)29(32)28(25)31/h2-3,6-9,12,14,16-17,23,27H,4-5,13,15,18-19H2,1H3/b3-2+. The predicted molar refractivity (Wildman–Crippen MR) is 128 cm³/mol. The summed E-state index contributed by atoms with van der Waals surface area (Å²) < 4.78 is 52.5. The smallest absolute Gasteiger partial charge is 0.195 e. The van der Waals surface area contributed by atoms with E-state index in [9.17, 15) is 13.2 Å². The summed E-state index contributed by atoms with van der Waals surface area (Å²) >= 11 is 0. The Morgan fingerprint density at radius 3 is 2.32 bits per heavy atom. The van der Waals surface area contributed by atoms with Crippen molar-refractivity contribution in [2.45, 2.75) is 38.9 Å². The molecule has 0 unspecified atom stereocenters. The molecule has 0 aliphatic carbocycles. The summed E-state index contributed by atoms with van der Waals surface area (Å²) in [5.74, 6) is 2.67. The van der Waals surface area contributed by atoms with E-state index < -0.39 is 17.5 Å². The number of hydrogen-bond acceptors (Lipinski definition) is 2. The lowest BCUT2D eigenvalue weighted by molar-refractivity contribution is -0.203. The number of allylic oxidation sites excluding steroid dienone is 2. The zero-order chi connectivity index (χ0) is 23.9. The highest BCUT2D eigenvalue weighted by Gasteiger charge is 2.21. The van der Waals surface area contributed by atoms with Crippen molar-refractivity contribution in [3.63, 3.8) is 0 Å². The Balaban J connectivity index is 1.31. The maximum absolute atomic E-state index is 13.9. The lowest BCUT2D eigenvalue weighted by Gasteiger charge is -2.29. The Bertz CT molecular complexity index is 1210. The Kier molecular flexibility index (Phi) is 8.05. The fraction of sp³-hybridized carbons (Fsp3) is 0.310. The average Bonchev–Trinajstić information content (AvgIpc) is 2.86. The molecule has 34 heavy (non-hydrogen) atoms. The van der Waals surface area contributed by atoms with Crippen molar-refractivity contribution >= 4 is 10.8 Å². The van der Waals surface area contributed by atoms with Gasteiger partial charge in [0.05, 0.1) is 13.2 Å². The van der Waals surface area contributed by atoms with Gasteiger partial charge in [0.15, 0.2) is 23.7 Å². The summed E-state index contributed by atoms with van der Waals surface area (Å²) in [5, 5.41) is 0.304. The molecule has 4 rings (SSSR count). The molecule has 1 aliphatic rings. The van der Waals surface area contributed by atoms with Crippen LogP contribution in [0, 0.1) is 35.2 Å². The quantitative estimate of drug-likeness (QED) is 0.224. The van der Waals surface area contributed by atoms with Gasteiger partial charge in [-0.15, -0.1) is 0 Å². The largest absolute Gasteiger partial charge is 0.352 e. The van der Waals surface area contributed by atoms with Gasteiger partial charge < -0.3 is 9.47 Å². The fourth-order valence-electron chi connectivity index (χ4n) is 3.98. The molecule has 0 N–H and O–H groups in total. The molecule has 0 spiro atoms. The molecular weight excluding hydrogens is 437 g/mol. The third kappa shape index (κ3) is 6.08. The van der Waals surface area contributed by atoms with Gasteiger partial charge in [0, 0.05) is 28.9 Å². The number of hydrogen-bond donors (Lipinski definition) is 0. The van der Waals surface area contributed by atoms with Gasteiger partial charge in [0.1, 0.15) is 0 Å². The number of fused-ring (bicyclic) bond motifs is 1. The van der Waals surface area contributed by atoms with Gasteiger partial charge in [0.2, 0.25) is 0 Å². The van der Waals surface area contributed by atoms with Crippen LogP contribution in [-0.4, -0.2) is 19.5 Å². The van der Waals surface area contributed by atoms with Gasteiger partial charge >= 0.3 is 0 Å². The number of halogens is 3. The lowest BCUT2D eigenvalue weighted by Crippen LogP contribution is -2.32. The predicted octanol–water partition coefficient (Wildman–Crippen LogP) is 6.93.